The molecule has 0 fully saturated rings. The Hall–Kier alpha value is -2.75. The summed E-state index contributed by atoms with van der Waals surface area (Å²) in [5.74, 6) is 0.0387. The van der Waals surface area contributed by atoms with Crippen LogP contribution in [0.5, 0.6) is 5.75 Å². The molecule has 0 atom stereocenters. The number of nitrogens with zero attached hydrogens (tertiary/aromatic N) is 3. The maximum Gasteiger partial charge on any atom is 0.285 e. The second kappa shape index (κ2) is 9.38. The Morgan fingerprint density at radius 1 is 1.33 bits per heavy atom. The standard InChI is InChI=1S/C19H16Cl2N4O4S/c1-29-15-9-14(25(27)28)12(8-16(15)30-2)19(26)23-17-6-7-22-24(17)10-11-4-3-5-13(20)18(11)21/h3-9H,10H2,1-2H3,(H,23,26). The highest BCUT2D eigenvalue weighted by atomic mass is 35.5. The molecule has 2 aromatic carbocycles. The summed E-state index contributed by atoms with van der Waals surface area (Å²) in [4.78, 5) is 24.4. The van der Waals surface area contributed by atoms with Gasteiger partial charge in [0, 0.05) is 6.07 Å². The van der Waals surface area contributed by atoms with Gasteiger partial charge in [0.25, 0.3) is 11.6 Å². The SMILES string of the molecule is COc1cc([N+](=O)[O-])c(C(=O)Nc2ccnn2Cc2cccc(Cl)c2Cl)cc1SC. The quantitative estimate of drug-likeness (QED) is 0.294. The second-order valence-corrected chi connectivity index (χ2v) is 7.66. The molecule has 0 aliphatic rings. The van der Waals surface area contributed by atoms with E-state index in [9.17, 15) is 14.9 Å². The number of halogens is 2. The first-order chi connectivity index (χ1) is 14.3. The van der Waals surface area contributed by atoms with E-state index in [1.165, 1.54) is 41.9 Å². The Bertz CT molecular complexity index is 1120. The number of nitrogens with one attached hydrogen (secondary N) is 1. The molecule has 0 spiro atoms. The summed E-state index contributed by atoms with van der Waals surface area (Å²) in [7, 11) is 1.41. The number of anilines is 1. The van der Waals surface area contributed by atoms with Crippen molar-refractivity contribution in [2.45, 2.75) is 11.4 Å². The molecular weight excluding hydrogens is 451 g/mol. The molecule has 11 heteroatoms. The van der Waals surface area contributed by atoms with Gasteiger partial charge in [-0.05, 0) is 24.0 Å². The van der Waals surface area contributed by atoms with E-state index >= 15 is 0 Å². The third kappa shape index (κ3) is 4.53. The van der Waals surface area contributed by atoms with E-state index in [1.807, 2.05) is 0 Å². The Morgan fingerprint density at radius 3 is 2.77 bits per heavy atom. The minimum absolute atomic E-state index is 0.0845. The smallest absolute Gasteiger partial charge is 0.285 e. The van der Waals surface area contributed by atoms with Crippen molar-refractivity contribution in [1.82, 2.24) is 9.78 Å². The molecule has 1 N–H and O–H groups in total. The topological polar surface area (TPSA) is 99.3 Å². The van der Waals surface area contributed by atoms with Crippen molar-refractivity contribution in [3.63, 3.8) is 0 Å². The van der Waals surface area contributed by atoms with Crippen LogP contribution in [0.15, 0.2) is 47.5 Å². The van der Waals surface area contributed by atoms with Gasteiger partial charge in [0.05, 0.1) is 45.8 Å². The molecule has 0 bridgehead atoms. The third-order valence-corrected chi connectivity index (χ3v) is 5.87. The molecule has 30 heavy (non-hydrogen) atoms. The Balaban J connectivity index is 1.92. The largest absolute Gasteiger partial charge is 0.495 e. The van der Waals surface area contributed by atoms with Crippen LogP contribution in [-0.4, -0.2) is 34.0 Å². The van der Waals surface area contributed by atoms with Gasteiger partial charge in [-0.3, -0.25) is 14.9 Å². The highest BCUT2D eigenvalue weighted by Gasteiger charge is 2.24. The van der Waals surface area contributed by atoms with Crippen LogP contribution in [0.1, 0.15) is 15.9 Å². The predicted molar refractivity (Wildman–Crippen MR) is 117 cm³/mol. The number of aromatic nitrogens is 2. The van der Waals surface area contributed by atoms with Crippen LogP contribution in [0.2, 0.25) is 10.0 Å². The lowest BCUT2D eigenvalue weighted by Gasteiger charge is -2.12. The number of nitro benzene ring substituents is 1. The molecule has 1 amide bonds. The maximum absolute atomic E-state index is 12.9. The lowest BCUT2D eigenvalue weighted by molar-refractivity contribution is -0.385. The molecule has 0 saturated heterocycles. The van der Waals surface area contributed by atoms with Gasteiger partial charge in [-0.25, -0.2) is 4.68 Å². The highest BCUT2D eigenvalue weighted by Crippen LogP contribution is 2.35. The average molecular weight is 467 g/mol. The van der Waals surface area contributed by atoms with Crippen LogP contribution in [-0.2, 0) is 6.54 Å². The van der Waals surface area contributed by atoms with Crippen LogP contribution < -0.4 is 10.1 Å². The van der Waals surface area contributed by atoms with E-state index in [0.717, 1.165) is 0 Å². The van der Waals surface area contributed by atoms with Gasteiger partial charge in [0.15, 0.2) is 0 Å². The molecular formula is C19H16Cl2N4O4S. The minimum atomic E-state index is -0.640. The van der Waals surface area contributed by atoms with E-state index in [4.69, 9.17) is 27.9 Å². The summed E-state index contributed by atoms with van der Waals surface area (Å²) < 4.78 is 6.69. The summed E-state index contributed by atoms with van der Waals surface area (Å²) in [6, 6.07) is 9.48. The number of carbonyl (C=O) groups is 1. The van der Waals surface area contributed by atoms with Gasteiger partial charge >= 0.3 is 0 Å². The molecule has 0 aliphatic carbocycles. The molecule has 0 saturated carbocycles. The minimum Gasteiger partial charge on any atom is -0.495 e. The number of nitro groups is 1. The monoisotopic (exact) mass is 466 g/mol. The van der Waals surface area contributed by atoms with Crippen molar-refractivity contribution in [2.75, 3.05) is 18.7 Å². The summed E-state index contributed by atoms with van der Waals surface area (Å²) in [5.41, 5.74) is 0.272. The van der Waals surface area contributed by atoms with E-state index in [-0.39, 0.29) is 17.8 Å². The van der Waals surface area contributed by atoms with Crippen LogP contribution in [0.4, 0.5) is 11.5 Å². The number of carbonyl (C=O) groups excluding carboxylic acids is 1. The fourth-order valence-electron chi connectivity index (χ4n) is 2.78. The van der Waals surface area contributed by atoms with E-state index in [0.29, 0.717) is 32.1 Å². The van der Waals surface area contributed by atoms with Crippen molar-refractivity contribution in [1.29, 1.82) is 0 Å². The van der Waals surface area contributed by atoms with Crippen molar-refractivity contribution >= 4 is 52.4 Å². The van der Waals surface area contributed by atoms with Gasteiger partial charge < -0.3 is 10.1 Å². The third-order valence-electron chi connectivity index (χ3n) is 4.25. The van der Waals surface area contributed by atoms with Crippen LogP contribution >= 0.6 is 35.0 Å². The van der Waals surface area contributed by atoms with Gasteiger partial charge in [0.1, 0.15) is 17.1 Å². The zero-order valence-corrected chi connectivity index (χ0v) is 18.2. The number of ether oxygens (including phenoxy) is 1. The summed E-state index contributed by atoms with van der Waals surface area (Å²) in [6.07, 6.45) is 3.29. The summed E-state index contributed by atoms with van der Waals surface area (Å²) in [6.45, 7) is 0.253. The molecule has 0 aliphatic heterocycles. The highest BCUT2D eigenvalue weighted by molar-refractivity contribution is 7.98. The van der Waals surface area contributed by atoms with Crippen LogP contribution in [0.3, 0.4) is 0 Å². The van der Waals surface area contributed by atoms with E-state index in [1.54, 1.807) is 30.5 Å². The van der Waals surface area contributed by atoms with Crippen LogP contribution in [0, 0.1) is 10.1 Å². The number of thioether (sulfide) groups is 1. The van der Waals surface area contributed by atoms with E-state index < -0.39 is 10.8 Å². The Kier molecular flexibility index (Phi) is 6.86. The zero-order chi connectivity index (χ0) is 21.8. The maximum atomic E-state index is 12.9. The number of methoxy groups -OCH3 is 1. The molecule has 0 radical (unpaired) electrons. The van der Waals surface area contributed by atoms with Crippen molar-refractivity contribution in [3.8, 4) is 5.75 Å². The average Bonchev–Trinajstić information content (AvgIpc) is 3.16. The molecule has 3 rings (SSSR count). The van der Waals surface area contributed by atoms with E-state index in [2.05, 4.69) is 10.4 Å². The summed E-state index contributed by atoms with van der Waals surface area (Å²) in [5, 5.41) is 19.2. The molecule has 0 unspecified atom stereocenters. The lowest BCUT2D eigenvalue weighted by Crippen LogP contribution is -2.18. The number of hydrogen-bond acceptors (Lipinski definition) is 6. The normalized spacial score (nSPS) is 10.7. The first kappa shape index (κ1) is 21.9. The van der Waals surface area contributed by atoms with Crippen molar-refractivity contribution in [3.05, 3.63) is 73.9 Å². The number of amides is 1. The molecule has 156 valence electrons. The van der Waals surface area contributed by atoms with Gasteiger partial charge in [0.2, 0.25) is 0 Å². The first-order valence-electron chi connectivity index (χ1n) is 8.52. The van der Waals surface area contributed by atoms with Crippen molar-refractivity contribution < 1.29 is 14.5 Å². The van der Waals surface area contributed by atoms with Gasteiger partial charge in [-0.1, -0.05) is 35.3 Å². The number of hydrogen-bond donors (Lipinski definition) is 1. The van der Waals surface area contributed by atoms with Crippen LogP contribution in [0.25, 0.3) is 0 Å². The Morgan fingerprint density at radius 2 is 2.10 bits per heavy atom. The number of rotatable bonds is 7. The van der Waals surface area contributed by atoms with Gasteiger partial charge in [-0.2, -0.15) is 5.10 Å². The molecule has 8 nitrogen and oxygen atoms in total. The fourth-order valence-corrected chi connectivity index (χ4v) is 3.74. The van der Waals surface area contributed by atoms with Gasteiger partial charge in [-0.15, -0.1) is 11.8 Å². The Labute approximate surface area is 186 Å². The fraction of sp³-hybridized carbons (Fsp3) is 0.158. The molecule has 1 aromatic heterocycles. The molecule has 1 heterocycles. The molecule has 3 aromatic rings. The van der Waals surface area contributed by atoms with Crippen molar-refractivity contribution in [2.24, 2.45) is 0 Å². The second-order valence-electron chi connectivity index (χ2n) is 6.02. The zero-order valence-electron chi connectivity index (χ0n) is 15.9. The number of benzene rings is 2. The predicted octanol–water partition coefficient (Wildman–Crippen LogP) is 5.13. The lowest BCUT2D eigenvalue weighted by atomic mass is 10.1. The summed E-state index contributed by atoms with van der Waals surface area (Å²) >= 11 is 13.6. The first-order valence-corrected chi connectivity index (χ1v) is 10.5.